The molecule has 0 saturated heterocycles. The van der Waals surface area contributed by atoms with Gasteiger partial charge in [0, 0.05) is 59.7 Å². The number of aromatic nitrogens is 1. The Morgan fingerprint density at radius 2 is 1.52 bits per heavy atom. The molecule has 0 saturated carbocycles. The van der Waals surface area contributed by atoms with E-state index in [1.165, 1.54) is 28.2 Å². The predicted octanol–water partition coefficient (Wildman–Crippen LogP) is 12.5. The summed E-state index contributed by atoms with van der Waals surface area (Å²) in [6, 6.07) is 26.5. The van der Waals surface area contributed by atoms with Gasteiger partial charge in [-0.05, 0) is 66.5 Å². The number of carbonyl (C=O) groups excluding carboxylic acids is 1. The number of fused-ring (bicyclic) bond motifs is 8. The second-order valence-corrected chi connectivity index (χ2v) is 14.1. The normalized spacial score (nSPS) is 13.5. The number of ketones is 1. The summed E-state index contributed by atoms with van der Waals surface area (Å²) in [6.45, 7) is 17.1. The number of nitrogens with zero attached hydrogens (tertiary/aromatic N) is 1. The Morgan fingerprint density at radius 3 is 2.20 bits per heavy atom. The van der Waals surface area contributed by atoms with Crippen LogP contribution >= 0.6 is 0 Å². The molecule has 5 nitrogen and oxygen atoms in total. The molecule has 3 heterocycles. The maximum Gasteiger partial charge on any atom is 0.218 e. The average molecular weight is 847 g/mol. The molecule has 0 atom stereocenters. The quantitative estimate of drug-likeness (QED) is 0.0891. The summed E-state index contributed by atoms with van der Waals surface area (Å²) in [4.78, 5) is 16.7. The van der Waals surface area contributed by atoms with E-state index in [-0.39, 0.29) is 48.9 Å². The Hall–Kier alpha value is -3.99. The van der Waals surface area contributed by atoms with Crippen LogP contribution in [-0.2, 0) is 30.3 Å². The summed E-state index contributed by atoms with van der Waals surface area (Å²) in [5, 5.41) is 13.1. The number of carbonyl (C=O) groups is 1. The summed E-state index contributed by atoms with van der Waals surface area (Å²) < 4.78 is 12.5. The molecule has 6 heteroatoms. The van der Waals surface area contributed by atoms with Crippen LogP contribution in [0.25, 0.3) is 55.6 Å². The third kappa shape index (κ3) is 6.61. The Labute approximate surface area is 309 Å². The van der Waals surface area contributed by atoms with Crippen LogP contribution < -0.4 is 0 Å². The molecule has 3 aromatic heterocycles. The number of para-hydroxylation sites is 1. The average Bonchev–Trinajstić information content (AvgIpc) is 3.74. The molecular weight excluding hydrogens is 799 g/mol. The summed E-state index contributed by atoms with van der Waals surface area (Å²) >= 11 is 0. The number of aliphatic hydroxyl groups excluding tert-OH is 1. The molecule has 0 spiro atoms. The first-order chi connectivity index (χ1) is 23.5. The monoisotopic (exact) mass is 847 g/mol. The van der Waals surface area contributed by atoms with Gasteiger partial charge in [0.05, 0.1) is 5.76 Å². The van der Waals surface area contributed by atoms with Crippen molar-refractivity contribution in [2.75, 3.05) is 0 Å². The van der Waals surface area contributed by atoms with Crippen LogP contribution in [0.1, 0.15) is 104 Å². The molecule has 1 aliphatic rings. The molecular formula is C44H48IrNO4-. The van der Waals surface area contributed by atoms with Gasteiger partial charge in [-0.25, -0.2) is 0 Å². The van der Waals surface area contributed by atoms with Gasteiger partial charge in [0.15, 0.2) is 5.78 Å². The van der Waals surface area contributed by atoms with Gasteiger partial charge in [-0.1, -0.05) is 97.4 Å². The molecule has 0 bridgehead atoms. The van der Waals surface area contributed by atoms with Crippen LogP contribution in [-0.4, -0.2) is 15.9 Å². The molecule has 1 N–H and O–H groups in total. The minimum absolute atomic E-state index is 0. The van der Waals surface area contributed by atoms with Gasteiger partial charge in [-0.3, -0.25) is 9.78 Å². The number of pyridine rings is 1. The zero-order valence-corrected chi connectivity index (χ0v) is 32.8. The molecule has 7 rings (SSSR count). The van der Waals surface area contributed by atoms with E-state index in [2.05, 4.69) is 76.2 Å². The molecule has 1 aliphatic carbocycles. The first-order valence-electron chi connectivity index (χ1n) is 17.9. The van der Waals surface area contributed by atoms with Gasteiger partial charge in [-0.2, -0.15) is 0 Å². The zero-order chi connectivity index (χ0) is 35.0. The Morgan fingerprint density at radius 1 is 0.840 bits per heavy atom. The van der Waals surface area contributed by atoms with Crippen molar-refractivity contribution in [2.24, 2.45) is 11.8 Å². The standard InChI is InChI=1S/C31H24NO2.C13H24O2.Ir/c1-17(2)18-12-15-26-23(16-18)28-29(33-26)22-10-7-9-21(27(22)31(28,3)4)24-14-13-20-19-8-5-6-11-25(19)34-30(20)32-24;1-5-10(6-2)12(14)9-13(15)11(7-3)8-4;/h5-8,10-17H,1-4H3;9-11,14H,5-8H2,1-4H3;/q-1;;/b;12-9-;. The van der Waals surface area contributed by atoms with Crippen LogP contribution in [0.2, 0.25) is 0 Å². The molecule has 263 valence electrons. The van der Waals surface area contributed by atoms with E-state index in [0.29, 0.717) is 11.6 Å². The first-order valence-corrected chi connectivity index (χ1v) is 17.9. The van der Waals surface area contributed by atoms with Crippen molar-refractivity contribution in [3.8, 4) is 22.6 Å². The van der Waals surface area contributed by atoms with Crippen LogP contribution in [0.5, 0.6) is 0 Å². The van der Waals surface area contributed by atoms with Crippen molar-refractivity contribution in [3.63, 3.8) is 0 Å². The molecule has 3 aromatic carbocycles. The van der Waals surface area contributed by atoms with Gasteiger partial charge in [-0.15, -0.1) is 29.3 Å². The van der Waals surface area contributed by atoms with Gasteiger partial charge in [0.1, 0.15) is 16.9 Å². The fourth-order valence-electron chi connectivity index (χ4n) is 7.47. The third-order valence-electron chi connectivity index (χ3n) is 10.5. The van der Waals surface area contributed by atoms with Crippen LogP contribution in [0, 0.1) is 17.9 Å². The van der Waals surface area contributed by atoms with Gasteiger partial charge in [0.2, 0.25) is 5.71 Å². The smallest absolute Gasteiger partial charge is 0.218 e. The SMILES string of the molecule is CC(C)c1ccc2oc3c(c2c1)C(C)(C)c1c(-c2ccc4c(n2)oc2ccccc24)[c-]ccc1-3.CCC(CC)C(=O)/C=C(\O)C(CC)CC.[Ir]. The van der Waals surface area contributed by atoms with Crippen molar-refractivity contribution in [1.82, 2.24) is 4.98 Å². The first kappa shape index (κ1) is 37.3. The van der Waals surface area contributed by atoms with Crippen LogP contribution in [0.15, 0.2) is 87.4 Å². The number of hydrogen-bond donors (Lipinski definition) is 1. The molecule has 6 aromatic rings. The van der Waals surface area contributed by atoms with Crippen molar-refractivity contribution in [3.05, 3.63) is 101 Å². The molecule has 50 heavy (non-hydrogen) atoms. The maximum absolute atomic E-state index is 11.7. The second kappa shape index (κ2) is 15.1. The van der Waals surface area contributed by atoms with E-state index in [4.69, 9.17) is 13.8 Å². The number of hydrogen-bond acceptors (Lipinski definition) is 5. The topological polar surface area (TPSA) is 76.5 Å². The van der Waals surface area contributed by atoms with E-state index in [1.807, 2.05) is 52.0 Å². The molecule has 0 fully saturated rings. The van der Waals surface area contributed by atoms with Gasteiger partial charge < -0.3 is 13.9 Å². The van der Waals surface area contributed by atoms with E-state index in [0.717, 1.165) is 70.2 Å². The maximum atomic E-state index is 11.7. The summed E-state index contributed by atoms with van der Waals surface area (Å²) in [5.74, 6) is 1.98. The van der Waals surface area contributed by atoms with Gasteiger partial charge >= 0.3 is 0 Å². The minimum Gasteiger partial charge on any atom is -0.512 e. The Bertz CT molecular complexity index is 2180. The molecule has 0 aliphatic heterocycles. The molecule has 0 unspecified atom stereocenters. The number of allylic oxidation sites excluding steroid dienone is 2. The number of rotatable bonds is 9. The second-order valence-electron chi connectivity index (χ2n) is 14.1. The number of benzene rings is 3. The number of furan rings is 2. The largest absolute Gasteiger partial charge is 0.512 e. The fourth-order valence-corrected chi connectivity index (χ4v) is 7.47. The van der Waals surface area contributed by atoms with E-state index in [9.17, 15) is 9.90 Å². The third-order valence-corrected chi connectivity index (χ3v) is 10.5. The van der Waals surface area contributed by atoms with Crippen molar-refractivity contribution in [2.45, 2.75) is 92.4 Å². The van der Waals surface area contributed by atoms with Crippen molar-refractivity contribution in [1.29, 1.82) is 0 Å². The van der Waals surface area contributed by atoms with E-state index in [1.54, 1.807) is 0 Å². The molecule has 0 amide bonds. The Kier molecular flexibility index (Phi) is 11.2. The predicted molar refractivity (Wildman–Crippen MR) is 201 cm³/mol. The van der Waals surface area contributed by atoms with Crippen molar-refractivity contribution >= 4 is 38.8 Å². The van der Waals surface area contributed by atoms with E-state index < -0.39 is 0 Å². The zero-order valence-electron chi connectivity index (χ0n) is 30.4. The summed E-state index contributed by atoms with van der Waals surface area (Å²) in [5.41, 5.74) is 9.01. The van der Waals surface area contributed by atoms with E-state index >= 15 is 0 Å². The van der Waals surface area contributed by atoms with Crippen LogP contribution in [0.3, 0.4) is 0 Å². The number of aliphatic hydroxyl groups is 1. The molecule has 1 radical (unpaired) electrons. The fraction of sp³-hybridized carbons (Fsp3) is 0.364. The van der Waals surface area contributed by atoms with Crippen molar-refractivity contribution < 1.29 is 38.8 Å². The summed E-state index contributed by atoms with van der Waals surface area (Å²) in [7, 11) is 0. The summed E-state index contributed by atoms with van der Waals surface area (Å²) in [6.07, 6.45) is 4.91. The Balaban J connectivity index is 0.000000261. The minimum atomic E-state index is -0.247. The van der Waals surface area contributed by atoms with Crippen LogP contribution in [0.4, 0.5) is 0 Å². The van der Waals surface area contributed by atoms with Gasteiger partial charge in [0.25, 0.3) is 0 Å².